The topological polar surface area (TPSA) is 73.0 Å². The summed E-state index contributed by atoms with van der Waals surface area (Å²) < 4.78 is 7.04. The largest absolute Gasteiger partial charge is 0.338 e. The van der Waals surface area contributed by atoms with Crippen LogP contribution >= 0.6 is 11.8 Å². The molecule has 2 heterocycles. The molecule has 25 heavy (non-hydrogen) atoms. The molecular weight excluding hydrogens is 336 g/mol. The zero-order valence-electron chi connectivity index (χ0n) is 14.6. The quantitative estimate of drug-likeness (QED) is 0.702. The number of carbonyl (C=O) groups is 1. The van der Waals surface area contributed by atoms with Crippen LogP contribution in [0.25, 0.3) is 5.69 Å². The van der Waals surface area contributed by atoms with Gasteiger partial charge >= 0.3 is 0 Å². The van der Waals surface area contributed by atoms with Crippen molar-refractivity contribution in [2.75, 3.05) is 5.32 Å². The van der Waals surface area contributed by atoms with Crippen LogP contribution in [0.2, 0.25) is 0 Å². The molecule has 0 fully saturated rings. The van der Waals surface area contributed by atoms with E-state index in [1.807, 2.05) is 17.7 Å². The Morgan fingerprint density at radius 3 is 2.80 bits per heavy atom. The molecule has 130 valence electrons. The standard InChI is InChI=1S/C18H20N4O2S/c1-11-5-6-12(2)15(9-11)22-8-7-19-18(22)25-14(4)17(23)20-16-10-13(3)21-24-16/h5-10,14H,1-4H3,(H,20,23). The fourth-order valence-electron chi connectivity index (χ4n) is 2.40. The molecule has 0 aliphatic heterocycles. The molecule has 1 atom stereocenters. The van der Waals surface area contributed by atoms with E-state index in [4.69, 9.17) is 4.52 Å². The number of carbonyl (C=O) groups excluding carboxylic acids is 1. The first-order valence-corrected chi connectivity index (χ1v) is 8.84. The van der Waals surface area contributed by atoms with E-state index in [1.165, 1.54) is 17.3 Å². The lowest BCUT2D eigenvalue weighted by Crippen LogP contribution is -2.22. The first-order valence-electron chi connectivity index (χ1n) is 7.96. The van der Waals surface area contributed by atoms with Gasteiger partial charge in [0.25, 0.3) is 0 Å². The number of thioether (sulfide) groups is 1. The predicted octanol–water partition coefficient (Wildman–Crippen LogP) is 3.90. The molecular formula is C18H20N4O2S. The van der Waals surface area contributed by atoms with E-state index in [0.29, 0.717) is 5.88 Å². The summed E-state index contributed by atoms with van der Waals surface area (Å²) in [4.78, 5) is 16.8. The molecule has 1 N–H and O–H groups in total. The zero-order chi connectivity index (χ0) is 18.0. The second-order valence-corrected chi connectivity index (χ2v) is 7.26. The molecule has 7 heteroatoms. The molecule has 0 aliphatic rings. The lowest BCUT2D eigenvalue weighted by molar-refractivity contribution is -0.115. The predicted molar refractivity (Wildman–Crippen MR) is 98.2 cm³/mol. The average Bonchev–Trinajstić information content (AvgIpc) is 3.18. The van der Waals surface area contributed by atoms with Crippen LogP contribution in [0, 0.1) is 20.8 Å². The van der Waals surface area contributed by atoms with Gasteiger partial charge in [0.05, 0.1) is 16.6 Å². The first kappa shape index (κ1) is 17.3. The Kier molecular flexibility index (Phi) is 4.94. The van der Waals surface area contributed by atoms with Crippen LogP contribution in [0.3, 0.4) is 0 Å². The highest BCUT2D eigenvalue weighted by Gasteiger charge is 2.19. The van der Waals surface area contributed by atoms with Gasteiger partial charge in [-0.2, -0.15) is 0 Å². The van der Waals surface area contributed by atoms with Gasteiger partial charge in [-0.25, -0.2) is 4.98 Å². The lowest BCUT2D eigenvalue weighted by Gasteiger charge is -2.14. The monoisotopic (exact) mass is 356 g/mol. The molecule has 0 saturated carbocycles. The number of hydrogen-bond acceptors (Lipinski definition) is 5. The Hall–Kier alpha value is -2.54. The molecule has 6 nitrogen and oxygen atoms in total. The van der Waals surface area contributed by atoms with Gasteiger partial charge < -0.3 is 4.52 Å². The van der Waals surface area contributed by atoms with Crippen molar-refractivity contribution in [1.82, 2.24) is 14.7 Å². The highest BCUT2D eigenvalue weighted by Crippen LogP contribution is 2.27. The Morgan fingerprint density at radius 1 is 1.28 bits per heavy atom. The molecule has 1 amide bonds. The zero-order valence-corrected chi connectivity index (χ0v) is 15.4. The van der Waals surface area contributed by atoms with Crippen molar-refractivity contribution < 1.29 is 9.32 Å². The molecule has 0 aliphatic carbocycles. The van der Waals surface area contributed by atoms with Crippen molar-refractivity contribution in [1.29, 1.82) is 0 Å². The number of anilines is 1. The third-order valence-corrected chi connectivity index (χ3v) is 4.84. The summed E-state index contributed by atoms with van der Waals surface area (Å²) in [5.41, 5.74) is 4.12. The van der Waals surface area contributed by atoms with Crippen molar-refractivity contribution in [2.24, 2.45) is 0 Å². The second-order valence-electron chi connectivity index (χ2n) is 5.95. The van der Waals surface area contributed by atoms with Crippen molar-refractivity contribution in [3.8, 4) is 5.69 Å². The lowest BCUT2D eigenvalue weighted by atomic mass is 10.1. The molecule has 0 saturated heterocycles. The van der Waals surface area contributed by atoms with E-state index in [2.05, 4.69) is 47.5 Å². The molecule has 0 spiro atoms. The van der Waals surface area contributed by atoms with Crippen molar-refractivity contribution >= 4 is 23.6 Å². The summed E-state index contributed by atoms with van der Waals surface area (Å²) in [6.07, 6.45) is 3.66. The average molecular weight is 356 g/mol. The van der Waals surface area contributed by atoms with E-state index in [0.717, 1.165) is 22.1 Å². The van der Waals surface area contributed by atoms with E-state index in [-0.39, 0.29) is 11.2 Å². The van der Waals surface area contributed by atoms with Gasteiger partial charge in [0.1, 0.15) is 0 Å². The fourth-order valence-corrected chi connectivity index (χ4v) is 3.27. The molecule has 3 aromatic rings. The van der Waals surface area contributed by atoms with Crippen molar-refractivity contribution in [3.63, 3.8) is 0 Å². The first-order chi connectivity index (χ1) is 11.9. The van der Waals surface area contributed by atoms with E-state index >= 15 is 0 Å². The summed E-state index contributed by atoms with van der Waals surface area (Å²) >= 11 is 1.40. The molecule has 0 radical (unpaired) electrons. The maximum atomic E-state index is 12.4. The highest BCUT2D eigenvalue weighted by molar-refractivity contribution is 8.00. The third-order valence-electron chi connectivity index (χ3n) is 3.76. The highest BCUT2D eigenvalue weighted by atomic mass is 32.2. The van der Waals surface area contributed by atoms with Gasteiger partial charge in [-0.05, 0) is 44.9 Å². The van der Waals surface area contributed by atoms with Gasteiger partial charge in [-0.15, -0.1) is 0 Å². The SMILES string of the molecule is Cc1ccc(C)c(-n2ccnc2SC(C)C(=O)Nc2cc(C)no2)c1. The number of nitrogens with one attached hydrogen (secondary N) is 1. The number of hydrogen-bond donors (Lipinski definition) is 1. The Labute approximate surface area is 150 Å². The fraction of sp³-hybridized carbons (Fsp3) is 0.278. The van der Waals surface area contributed by atoms with Gasteiger partial charge in [0.2, 0.25) is 11.8 Å². The minimum absolute atomic E-state index is 0.156. The molecule has 1 aromatic carbocycles. The summed E-state index contributed by atoms with van der Waals surface area (Å²) in [5.74, 6) is 0.199. The van der Waals surface area contributed by atoms with E-state index < -0.39 is 0 Å². The summed E-state index contributed by atoms with van der Waals surface area (Å²) in [7, 11) is 0. The van der Waals surface area contributed by atoms with Crippen LogP contribution in [-0.4, -0.2) is 25.9 Å². The van der Waals surface area contributed by atoms with Crippen LogP contribution in [-0.2, 0) is 4.79 Å². The van der Waals surface area contributed by atoms with Gasteiger partial charge in [-0.1, -0.05) is 29.1 Å². The van der Waals surface area contributed by atoms with Crippen LogP contribution in [0.1, 0.15) is 23.7 Å². The van der Waals surface area contributed by atoms with Crippen LogP contribution in [0.15, 0.2) is 46.3 Å². The number of imidazole rings is 1. The Bertz CT molecular complexity index is 900. The summed E-state index contributed by atoms with van der Waals surface area (Å²) in [6, 6.07) is 7.97. The van der Waals surface area contributed by atoms with E-state index in [1.54, 1.807) is 19.2 Å². The molecule has 3 rings (SSSR count). The number of nitrogens with zero attached hydrogens (tertiary/aromatic N) is 3. The van der Waals surface area contributed by atoms with Gasteiger partial charge in [0.15, 0.2) is 5.16 Å². The van der Waals surface area contributed by atoms with Crippen molar-refractivity contribution in [3.05, 3.63) is 53.5 Å². The molecule has 0 bridgehead atoms. The number of aromatic nitrogens is 3. The number of amides is 1. The maximum absolute atomic E-state index is 12.4. The van der Waals surface area contributed by atoms with Crippen molar-refractivity contribution in [2.45, 2.75) is 38.1 Å². The summed E-state index contributed by atoms with van der Waals surface area (Å²) in [6.45, 7) is 7.76. The maximum Gasteiger partial charge on any atom is 0.240 e. The smallest absolute Gasteiger partial charge is 0.240 e. The second kappa shape index (κ2) is 7.14. The minimum atomic E-state index is -0.336. The van der Waals surface area contributed by atoms with Crippen LogP contribution < -0.4 is 5.32 Å². The number of rotatable bonds is 5. The Morgan fingerprint density at radius 2 is 2.08 bits per heavy atom. The number of benzene rings is 1. The molecule has 2 aromatic heterocycles. The van der Waals surface area contributed by atoms with Gasteiger partial charge in [-0.3, -0.25) is 14.7 Å². The number of aryl methyl sites for hydroxylation is 3. The van der Waals surface area contributed by atoms with Crippen LogP contribution in [0.4, 0.5) is 5.88 Å². The third kappa shape index (κ3) is 3.93. The van der Waals surface area contributed by atoms with Crippen LogP contribution in [0.5, 0.6) is 0 Å². The normalized spacial score (nSPS) is 12.2. The van der Waals surface area contributed by atoms with E-state index in [9.17, 15) is 4.79 Å². The van der Waals surface area contributed by atoms with Gasteiger partial charge in [0, 0.05) is 18.5 Å². The minimum Gasteiger partial charge on any atom is -0.338 e. The Balaban J connectivity index is 1.76. The molecule has 1 unspecified atom stereocenters. The summed E-state index contributed by atoms with van der Waals surface area (Å²) in [5, 5.41) is 6.92.